The molecule has 0 aliphatic carbocycles. The number of ether oxygens (including phenoxy) is 1. The molecule has 4 atom stereocenters. The fraction of sp³-hybridized carbons (Fsp3) is 0.987. The lowest BCUT2D eigenvalue weighted by Gasteiger charge is -2.22. The minimum atomic E-state index is -0.800. The van der Waals surface area contributed by atoms with Crippen LogP contribution >= 0.6 is 0 Å². The highest BCUT2D eigenvalue weighted by atomic mass is 16.5. The average molecular weight is 1130 g/mol. The van der Waals surface area contributed by atoms with Gasteiger partial charge < -0.3 is 14.9 Å². The number of aliphatic carboxylic acids is 1. The van der Waals surface area contributed by atoms with Crippen LogP contribution in [0.3, 0.4) is 0 Å². The summed E-state index contributed by atoms with van der Waals surface area (Å²) in [6.45, 7) is 7.05. The third-order valence-corrected chi connectivity index (χ3v) is 19.1. The molecule has 4 nitrogen and oxygen atoms in total. The summed E-state index contributed by atoms with van der Waals surface area (Å²) in [5, 5.41) is 20.5. The Morgan fingerprint density at radius 1 is 0.275 bits per heavy atom. The minimum absolute atomic E-state index is 0.466. The molecule has 0 radical (unpaired) electrons. The van der Waals surface area contributed by atoms with Crippen molar-refractivity contribution in [3.8, 4) is 0 Å². The van der Waals surface area contributed by atoms with E-state index in [-0.39, 0.29) is 0 Å². The van der Waals surface area contributed by atoms with Crippen LogP contribution in [0.5, 0.6) is 0 Å². The molecule has 0 amide bonds. The number of carbonyl (C=O) groups is 1. The predicted molar refractivity (Wildman–Crippen MR) is 358 cm³/mol. The van der Waals surface area contributed by atoms with Gasteiger partial charge in [-0.25, -0.2) is 0 Å². The van der Waals surface area contributed by atoms with E-state index >= 15 is 0 Å². The lowest BCUT2D eigenvalue weighted by molar-refractivity contribution is -0.146. The zero-order chi connectivity index (χ0) is 58.0. The zero-order valence-corrected chi connectivity index (χ0v) is 55.9. The van der Waals surface area contributed by atoms with Crippen molar-refractivity contribution in [2.75, 3.05) is 7.11 Å². The SMILES string of the molecule is CCCCCCCCCCCCCCCCCCCCCCCCC(C(=O)O)C(O)CCCCCCCCCCCCCCCCCCCCCCCCCCCCC(OC)C(C)CCCCCCCCCCCCCCCCC. The van der Waals surface area contributed by atoms with Crippen molar-refractivity contribution in [1.82, 2.24) is 0 Å². The van der Waals surface area contributed by atoms with Crippen molar-refractivity contribution in [3.05, 3.63) is 0 Å². The maximum Gasteiger partial charge on any atom is 0.309 e. The quantitative estimate of drug-likeness (QED) is 0.0596. The number of carboxylic acids is 1. The summed E-state index contributed by atoms with van der Waals surface area (Å²) in [5.74, 6) is -0.676. The number of aliphatic hydroxyl groups is 1. The van der Waals surface area contributed by atoms with Crippen molar-refractivity contribution in [2.24, 2.45) is 11.8 Å². The molecule has 0 saturated carbocycles. The Kier molecular flexibility index (Phi) is 68.6. The standard InChI is InChI=1S/C76H152O4/c1-5-7-9-11-13-15-17-19-21-22-23-24-31-34-37-41-45-49-53-57-61-65-69-73(76(78)79)74(77)70-66-62-58-54-50-46-42-38-35-32-29-27-25-26-28-30-33-36-39-43-47-51-55-59-63-67-71-75(80-4)72(3)68-64-60-56-52-48-44-40-20-18-16-14-12-10-8-6-2/h72-75,77H,5-71H2,1-4H3,(H,78,79). The fourth-order valence-corrected chi connectivity index (χ4v) is 13.3. The second-order valence-electron chi connectivity index (χ2n) is 27.0. The highest BCUT2D eigenvalue weighted by molar-refractivity contribution is 5.70. The lowest BCUT2D eigenvalue weighted by atomic mass is 9.91. The summed E-state index contributed by atoms with van der Waals surface area (Å²) in [6.07, 6.45) is 91.2. The number of rotatable bonds is 72. The molecule has 0 saturated heterocycles. The van der Waals surface area contributed by atoms with Crippen LogP contribution in [0.1, 0.15) is 451 Å². The first-order chi connectivity index (χ1) is 39.5. The van der Waals surface area contributed by atoms with E-state index in [1.807, 2.05) is 7.11 Å². The summed E-state index contributed by atoms with van der Waals surface area (Å²) in [6, 6.07) is 0. The number of methoxy groups -OCH3 is 1. The van der Waals surface area contributed by atoms with Crippen molar-refractivity contribution in [1.29, 1.82) is 0 Å². The van der Waals surface area contributed by atoms with E-state index in [0.717, 1.165) is 25.7 Å². The predicted octanol–water partition coefficient (Wildman–Crippen LogP) is 26.9. The smallest absolute Gasteiger partial charge is 0.309 e. The minimum Gasteiger partial charge on any atom is -0.481 e. The average Bonchev–Trinajstić information content (AvgIpc) is 3.45. The molecule has 4 unspecified atom stereocenters. The van der Waals surface area contributed by atoms with E-state index in [0.29, 0.717) is 24.9 Å². The molecule has 0 aromatic rings. The van der Waals surface area contributed by atoms with Crippen LogP contribution < -0.4 is 0 Å². The summed E-state index contributed by atoms with van der Waals surface area (Å²) < 4.78 is 5.97. The van der Waals surface area contributed by atoms with Crippen LogP contribution in [-0.4, -0.2) is 35.5 Å². The highest BCUT2D eigenvalue weighted by Gasteiger charge is 2.25. The molecule has 0 heterocycles. The normalized spacial score (nSPS) is 13.4. The van der Waals surface area contributed by atoms with Gasteiger partial charge in [-0.05, 0) is 31.6 Å². The fourth-order valence-electron chi connectivity index (χ4n) is 13.3. The van der Waals surface area contributed by atoms with Gasteiger partial charge in [0.05, 0.1) is 18.1 Å². The van der Waals surface area contributed by atoms with Crippen LogP contribution in [0.4, 0.5) is 0 Å². The maximum atomic E-state index is 12.0. The van der Waals surface area contributed by atoms with Crippen LogP contribution in [0.15, 0.2) is 0 Å². The van der Waals surface area contributed by atoms with Crippen molar-refractivity contribution >= 4 is 5.97 Å². The number of unbranched alkanes of at least 4 members (excludes halogenated alkanes) is 60. The van der Waals surface area contributed by atoms with Crippen LogP contribution in [0.2, 0.25) is 0 Å². The first kappa shape index (κ1) is 79.4. The Hall–Kier alpha value is -0.610. The van der Waals surface area contributed by atoms with Crippen LogP contribution in [0.25, 0.3) is 0 Å². The van der Waals surface area contributed by atoms with Crippen LogP contribution in [0, 0.1) is 11.8 Å². The molecule has 0 rings (SSSR count). The Bertz CT molecular complexity index is 1120. The van der Waals surface area contributed by atoms with E-state index in [4.69, 9.17) is 4.74 Å². The van der Waals surface area contributed by atoms with E-state index < -0.39 is 18.0 Å². The van der Waals surface area contributed by atoms with Crippen molar-refractivity contribution in [2.45, 2.75) is 463 Å². The number of carboxylic acid groups (broad SMARTS) is 1. The van der Waals surface area contributed by atoms with E-state index in [9.17, 15) is 15.0 Å². The van der Waals surface area contributed by atoms with Gasteiger partial charge in [0.2, 0.25) is 0 Å². The molecular formula is C76H152O4. The highest BCUT2D eigenvalue weighted by Crippen LogP contribution is 2.25. The monoisotopic (exact) mass is 1130 g/mol. The molecule has 80 heavy (non-hydrogen) atoms. The molecule has 0 aromatic carbocycles. The summed E-state index contributed by atoms with van der Waals surface area (Å²) in [7, 11) is 1.95. The molecule has 4 heteroatoms. The molecule has 0 aromatic heterocycles. The van der Waals surface area contributed by atoms with Gasteiger partial charge in [-0.3, -0.25) is 4.79 Å². The van der Waals surface area contributed by atoms with Gasteiger partial charge >= 0.3 is 5.97 Å². The van der Waals surface area contributed by atoms with Crippen LogP contribution in [-0.2, 0) is 9.53 Å². The number of hydrogen-bond donors (Lipinski definition) is 2. The Labute approximate surface area is 505 Å². The lowest BCUT2D eigenvalue weighted by Crippen LogP contribution is -2.28. The molecule has 0 aliphatic heterocycles. The summed E-state index contributed by atoms with van der Waals surface area (Å²) >= 11 is 0. The van der Waals surface area contributed by atoms with Crippen molar-refractivity contribution < 1.29 is 19.7 Å². The Morgan fingerprint density at radius 3 is 0.650 bits per heavy atom. The van der Waals surface area contributed by atoms with Crippen molar-refractivity contribution in [3.63, 3.8) is 0 Å². The second-order valence-corrected chi connectivity index (χ2v) is 27.0. The van der Waals surface area contributed by atoms with Gasteiger partial charge in [0.15, 0.2) is 0 Å². The van der Waals surface area contributed by atoms with Gasteiger partial charge in [0.25, 0.3) is 0 Å². The number of aliphatic hydroxyl groups excluding tert-OH is 1. The third-order valence-electron chi connectivity index (χ3n) is 19.1. The van der Waals surface area contributed by atoms with Gasteiger partial charge in [0.1, 0.15) is 0 Å². The molecular weight excluding hydrogens is 977 g/mol. The van der Waals surface area contributed by atoms with Gasteiger partial charge in [-0.1, -0.05) is 425 Å². The molecule has 0 bridgehead atoms. The zero-order valence-electron chi connectivity index (χ0n) is 55.9. The first-order valence-electron chi connectivity index (χ1n) is 37.9. The Morgan fingerprint density at radius 2 is 0.450 bits per heavy atom. The molecule has 0 spiro atoms. The van der Waals surface area contributed by atoms with Gasteiger partial charge in [-0.15, -0.1) is 0 Å². The summed E-state index contributed by atoms with van der Waals surface area (Å²) in [5.41, 5.74) is 0. The Balaban J connectivity index is 3.42. The number of hydrogen-bond acceptors (Lipinski definition) is 3. The van der Waals surface area contributed by atoms with E-state index in [1.54, 1.807) is 0 Å². The van der Waals surface area contributed by atoms with E-state index in [1.165, 1.54) is 392 Å². The summed E-state index contributed by atoms with van der Waals surface area (Å²) in [4.78, 5) is 12.0. The van der Waals surface area contributed by atoms with E-state index in [2.05, 4.69) is 20.8 Å². The molecule has 0 fully saturated rings. The molecule has 0 aliphatic rings. The maximum absolute atomic E-state index is 12.0. The molecule has 480 valence electrons. The third kappa shape index (κ3) is 61.9. The van der Waals surface area contributed by atoms with Gasteiger partial charge in [0, 0.05) is 7.11 Å². The second kappa shape index (κ2) is 69.2. The van der Waals surface area contributed by atoms with Gasteiger partial charge in [-0.2, -0.15) is 0 Å². The first-order valence-corrected chi connectivity index (χ1v) is 37.9. The topological polar surface area (TPSA) is 66.8 Å². The largest absolute Gasteiger partial charge is 0.481 e. The molecule has 2 N–H and O–H groups in total.